The van der Waals surface area contributed by atoms with Crippen LogP contribution in [0.2, 0.25) is 0 Å². The summed E-state index contributed by atoms with van der Waals surface area (Å²) in [4.78, 5) is 0. The third-order valence-corrected chi connectivity index (χ3v) is 25.2. The van der Waals surface area contributed by atoms with Crippen LogP contribution >= 0.6 is 27.9 Å². The topological polar surface area (TPSA) is 111 Å². The molecule has 0 saturated carbocycles. The van der Waals surface area contributed by atoms with E-state index in [1.54, 1.807) is 0 Å². The summed E-state index contributed by atoms with van der Waals surface area (Å²) in [5.74, 6) is 0. The second-order valence-corrected chi connectivity index (χ2v) is 81.8. The van der Waals surface area contributed by atoms with Crippen molar-refractivity contribution in [1.82, 2.24) is 0 Å². The van der Waals surface area contributed by atoms with Crippen molar-refractivity contribution in [3.8, 4) is 0 Å². The largest absolute Gasteiger partial charge is 1.00 e. The van der Waals surface area contributed by atoms with E-state index in [1.165, 1.54) is 0 Å². The molecule has 0 bridgehead atoms. The average Bonchev–Trinajstić information content (AvgIpc) is 2.90. The molecule has 0 aromatic heterocycles. The molecule has 0 rings (SSSR count). The van der Waals surface area contributed by atoms with Gasteiger partial charge in [0.15, 0.2) is 0 Å². The van der Waals surface area contributed by atoms with Crippen molar-refractivity contribution in [2.75, 3.05) is 0 Å². The smallest absolute Gasteiger partial charge is 1.00 e. The molecule has 12 nitrogen and oxygen atoms in total. The Bertz CT molecular complexity index is 1190. The minimum absolute atomic E-state index is 0. The molecule has 1 radical (unpaired) electrons. The Morgan fingerprint density at radius 1 is 0.200 bits per heavy atom. The summed E-state index contributed by atoms with van der Waals surface area (Å²) in [6, 6.07) is 0. The number of halogens is 1. The van der Waals surface area contributed by atoms with Crippen LogP contribution in [0.5, 0.6) is 0 Å². The fourth-order valence-corrected chi connectivity index (χ4v) is 35.7. The summed E-state index contributed by atoms with van der Waals surface area (Å²) in [5, 5.41) is 0. The molecular formula is C36H84BrCu8O12P6Se12. The van der Waals surface area contributed by atoms with Gasteiger partial charge in [0.05, 0.1) is 0 Å². The maximum Gasteiger partial charge on any atom is 1.00 e. The van der Waals surface area contributed by atoms with Crippen LogP contribution in [0.4, 0.5) is 0 Å². The van der Waals surface area contributed by atoms with E-state index in [9.17, 15) is 0 Å². The Kier molecular flexibility index (Phi) is 114. The van der Waals surface area contributed by atoms with Gasteiger partial charge in [0.1, 0.15) is 0 Å². The Hall–Kier alpha value is 13.0. The van der Waals surface area contributed by atoms with E-state index < -0.39 is 27.9 Å². The first-order valence-corrected chi connectivity index (χ1v) is 57.4. The molecule has 0 heterocycles. The van der Waals surface area contributed by atoms with Crippen molar-refractivity contribution in [2.24, 2.45) is 0 Å². The van der Waals surface area contributed by atoms with E-state index in [2.05, 4.69) is 184 Å². The predicted octanol–water partition coefficient (Wildman–Crippen LogP) is 8.09. The fourth-order valence-electron chi connectivity index (χ4n) is 3.25. The summed E-state index contributed by atoms with van der Waals surface area (Å²) < 4.78 is 55.5. The Morgan fingerprint density at radius 2 is 0.240 bits per heavy atom. The number of hydrogen-bond acceptors (Lipinski definition) is 12. The van der Waals surface area contributed by atoms with Gasteiger partial charge in [-0.2, -0.15) is 0 Å². The first-order chi connectivity index (χ1) is 29.0. The van der Waals surface area contributed by atoms with Crippen LogP contribution in [-0.4, -0.2) is 257 Å². The predicted molar refractivity (Wildman–Crippen MR) is 305 cm³/mol. The van der Waals surface area contributed by atoms with Gasteiger partial charge in [-0.15, -0.1) is 0 Å². The second-order valence-electron chi connectivity index (χ2n) is 16.5. The summed E-state index contributed by atoms with van der Waals surface area (Å²) in [6.07, 6.45) is 2.38. The molecule has 0 atom stereocenters. The summed E-state index contributed by atoms with van der Waals surface area (Å²) in [6.45, 7) is 47.8. The molecule has 0 saturated heterocycles. The van der Waals surface area contributed by atoms with E-state index in [1.807, 2.05) is 166 Å². The number of hydrogen-bond donors (Lipinski definition) is 0. The minimum Gasteiger partial charge on any atom is -1.00 e. The van der Waals surface area contributed by atoms with Crippen LogP contribution < -0.4 is 17.0 Å². The minimum atomic E-state index is -1.80. The van der Waals surface area contributed by atoms with Gasteiger partial charge in [-0.25, -0.2) is 0 Å². The van der Waals surface area contributed by atoms with Crippen molar-refractivity contribution >= 4 is 212 Å². The van der Waals surface area contributed by atoms with Gasteiger partial charge in [0.2, 0.25) is 0 Å². The quantitative estimate of drug-likeness (QED) is 0.0689. The van der Waals surface area contributed by atoms with Crippen LogP contribution in [0.25, 0.3) is 0 Å². The van der Waals surface area contributed by atoms with Gasteiger partial charge in [0.25, 0.3) is 0 Å². The van der Waals surface area contributed by atoms with Gasteiger partial charge >= 0.3 is 625 Å². The normalized spacial score (nSPS) is 11.4. The molecule has 0 unspecified atom stereocenters. The SMILES string of the molecule is CC(C)OP(=[Se])([Se-])OC(C)C.CC(C)OP(=[Se])([Se-])OC(C)C.CC(C)OP(=[Se])([Se-])OC(C)C.CC(C)OP(=[Se])([Se-])OC(C)C.CC(C)OP(=[Se])([Se-])OC(C)C.CC(C)OP(=[Se])([Se-])OC(C)C.[Br-].[Cu+].[Cu+].[Cu+].[Cu+].[Cu+].[Cu+].[Cu+].[Cu]. The first-order valence-electron chi connectivity index (χ1n) is 21.1. The zero-order chi connectivity index (χ0) is 54.4. The molecule has 0 aromatic rings. The standard InChI is InChI=1S/6C6H15O2PSe2.BrH.8Cu/c6*1-5(2)7-9(10,11)8-6(3)4;;;;;;;;;/h6*5-6H,1-4H3,(H,10,11);1H;;;;;;;;/q;;;;;;;;7*+1/p-7. The third kappa shape index (κ3) is 118. The molecule has 0 fully saturated rings. The van der Waals surface area contributed by atoms with Crippen LogP contribution in [0, 0.1) is 0 Å². The average molecular weight is 2430 g/mol. The van der Waals surface area contributed by atoms with Crippen molar-refractivity contribution < 1.29 is 208 Å². The molecule has 0 aliphatic carbocycles. The van der Waals surface area contributed by atoms with Crippen molar-refractivity contribution in [3.05, 3.63) is 0 Å². The molecule has 0 aliphatic rings. The monoisotopic (exact) mass is 2440 g/mol. The van der Waals surface area contributed by atoms with Crippen LogP contribution in [0.15, 0.2) is 0 Å². The molecule has 0 aliphatic heterocycles. The molecule has 0 N–H and O–H groups in total. The van der Waals surface area contributed by atoms with E-state index in [0.29, 0.717) is 0 Å². The molecular weight excluding hydrogens is 2350 g/mol. The molecule has 0 amide bonds. The fraction of sp³-hybridized carbons (Fsp3) is 1.00. The first kappa shape index (κ1) is 125. The Labute approximate surface area is 648 Å². The summed E-state index contributed by atoms with van der Waals surface area (Å²) in [7, 11) is 0. The van der Waals surface area contributed by atoms with Gasteiger partial charge < -0.3 is 17.0 Å². The van der Waals surface area contributed by atoms with Crippen LogP contribution in [0.1, 0.15) is 166 Å². The molecule has 0 spiro atoms. The van der Waals surface area contributed by atoms with E-state index in [0.717, 1.165) is 0 Å². The van der Waals surface area contributed by atoms with Crippen LogP contribution in [-0.2, 0) is 191 Å². The molecule has 75 heavy (non-hydrogen) atoms. The van der Waals surface area contributed by atoms with E-state index >= 15 is 0 Å². The Balaban J connectivity index is -0.0000000433. The summed E-state index contributed by atoms with van der Waals surface area (Å²) >= 11 is 35.1. The van der Waals surface area contributed by atoms with Gasteiger partial charge in [-0.1, -0.05) is 0 Å². The number of rotatable bonds is 24. The molecule has 497 valence electrons. The zero-order valence-electron chi connectivity index (χ0n) is 46.2. The third-order valence-electron chi connectivity index (χ3n) is 4.08. The zero-order valence-corrected chi connectivity index (χ0v) is 81.2. The summed E-state index contributed by atoms with van der Waals surface area (Å²) in [5.41, 5.74) is 0. The van der Waals surface area contributed by atoms with Crippen molar-refractivity contribution in [1.29, 1.82) is 0 Å². The Morgan fingerprint density at radius 3 is 0.267 bits per heavy atom. The van der Waals surface area contributed by atoms with Gasteiger partial charge in [-0.3, -0.25) is 0 Å². The maximum atomic E-state index is 5.53. The molecule has 39 heteroatoms. The second kappa shape index (κ2) is 68.4. The van der Waals surface area contributed by atoms with Crippen molar-refractivity contribution in [3.63, 3.8) is 0 Å². The van der Waals surface area contributed by atoms with E-state index in [-0.39, 0.29) is 227 Å². The molecule has 0 aromatic carbocycles. The maximum absolute atomic E-state index is 5.53. The van der Waals surface area contributed by atoms with Gasteiger partial charge in [-0.05, 0) is 0 Å². The van der Waals surface area contributed by atoms with Gasteiger partial charge in [0, 0.05) is 17.1 Å². The van der Waals surface area contributed by atoms with Crippen LogP contribution in [0.3, 0.4) is 0 Å². The van der Waals surface area contributed by atoms with E-state index in [4.69, 9.17) is 54.3 Å². The van der Waals surface area contributed by atoms with Crippen molar-refractivity contribution in [2.45, 2.75) is 239 Å².